The topological polar surface area (TPSA) is 12.0 Å². The number of alkyl halides is 1. The summed E-state index contributed by atoms with van der Waals surface area (Å²) in [5.41, 5.74) is 3.70. The Morgan fingerprint density at radius 3 is 2.73 bits per heavy atom. The van der Waals surface area contributed by atoms with E-state index in [4.69, 9.17) is 0 Å². The van der Waals surface area contributed by atoms with E-state index < -0.39 is 6.17 Å². The second-order valence-electron chi connectivity index (χ2n) is 4.46. The zero-order chi connectivity index (χ0) is 10.8. The molecule has 1 fully saturated rings. The van der Waals surface area contributed by atoms with Gasteiger partial charge in [0.05, 0.1) is 0 Å². The molecule has 1 heterocycles. The summed E-state index contributed by atoms with van der Waals surface area (Å²) in [5.74, 6) is 0.0885. The quantitative estimate of drug-likeness (QED) is 0.746. The van der Waals surface area contributed by atoms with Crippen molar-refractivity contribution in [3.05, 3.63) is 34.9 Å². The van der Waals surface area contributed by atoms with Crippen molar-refractivity contribution in [2.24, 2.45) is 0 Å². The summed E-state index contributed by atoms with van der Waals surface area (Å²) in [7, 11) is 0. The Labute approximate surface area is 90.7 Å². The molecule has 1 N–H and O–H groups in total. The lowest BCUT2D eigenvalue weighted by Crippen LogP contribution is -2.36. The highest BCUT2D eigenvalue weighted by atomic mass is 19.1. The van der Waals surface area contributed by atoms with Crippen LogP contribution in [-0.4, -0.2) is 19.3 Å². The van der Waals surface area contributed by atoms with Crippen molar-refractivity contribution in [1.82, 2.24) is 5.32 Å². The SMILES string of the molecule is Cc1ccc(C2CCNCC2F)cc1C. The molecule has 15 heavy (non-hydrogen) atoms. The maximum atomic E-state index is 13.7. The molecule has 1 aliphatic heterocycles. The van der Waals surface area contributed by atoms with Crippen LogP contribution in [0.4, 0.5) is 4.39 Å². The zero-order valence-electron chi connectivity index (χ0n) is 9.39. The number of benzene rings is 1. The fraction of sp³-hybridized carbons (Fsp3) is 0.538. The van der Waals surface area contributed by atoms with Crippen molar-refractivity contribution in [3.63, 3.8) is 0 Å². The largest absolute Gasteiger partial charge is 0.314 e. The van der Waals surface area contributed by atoms with Crippen molar-refractivity contribution in [3.8, 4) is 0 Å². The van der Waals surface area contributed by atoms with E-state index in [1.54, 1.807) is 0 Å². The van der Waals surface area contributed by atoms with Gasteiger partial charge in [-0.05, 0) is 43.5 Å². The molecule has 0 spiro atoms. The molecule has 0 saturated carbocycles. The first-order valence-corrected chi connectivity index (χ1v) is 5.60. The van der Waals surface area contributed by atoms with Crippen LogP contribution in [-0.2, 0) is 0 Å². The third kappa shape index (κ3) is 2.20. The molecule has 2 unspecified atom stereocenters. The van der Waals surface area contributed by atoms with Crippen molar-refractivity contribution < 1.29 is 4.39 Å². The standard InChI is InChI=1S/C13H18FN/c1-9-3-4-11(7-10(9)2)12-5-6-15-8-13(12)14/h3-4,7,12-13,15H,5-6,8H2,1-2H3. The van der Waals surface area contributed by atoms with E-state index in [2.05, 4.69) is 37.4 Å². The van der Waals surface area contributed by atoms with Gasteiger partial charge in [0, 0.05) is 12.5 Å². The number of hydrogen-bond donors (Lipinski definition) is 1. The molecule has 1 aromatic carbocycles. The van der Waals surface area contributed by atoms with E-state index in [-0.39, 0.29) is 5.92 Å². The molecule has 0 bridgehead atoms. The average molecular weight is 207 g/mol. The smallest absolute Gasteiger partial charge is 0.119 e. The maximum Gasteiger partial charge on any atom is 0.119 e. The maximum absolute atomic E-state index is 13.7. The fourth-order valence-corrected chi connectivity index (χ4v) is 2.19. The van der Waals surface area contributed by atoms with Crippen molar-refractivity contribution in [2.45, 2.75) is 32.4 Å². The lowest BCUT2D eigenvalue weighted by Gasteiger charge is -2.27. The number of piperidine rings is 1. The summed E-state index contributed by atoms with van der Waals surface area (Å²) >= 11 is 0. The van der Waals surface area contributed by atoms with Crippen LogP contribution < -0.4 is 5.32 Å². The van der Waals surface area contributed by atoms with Gasteiger partial charge in [0.1, 0.15) is 6.17 Å². The predicted octanol–water partition coefficient (Wildman–Crippen LogP) is 2.72. The minimum absolute atomic E-state index is 0.0885. The van der Waals surface area contributed by atoms with Gasteiger partial charge in [0.15, 0.2) is 0 Å². The molecule has 2 rings (SSSR count). The molecular formula is C13H18FN. The Bertz CT molecular complexity index is 348. The van der Waals surface area contributed by atoms with E-state index in [1.807, 2.05) is 0 Å². The second kappa shape index (κ2) is 4.31. The van der Waals surface area contributed by atoms with Gasteiger partial charge in [0.2, 0.25) is 0 Å². The van der Waals surface area contributed by atoms with Gasteiger partial charge in [-0.2, -0.15) is 0 Å². The van der Waals surface area contributed by atoms with Crippen LogP contribution in [0.15, 0.2) is 18.2 Å². The van der Waals surface area contributed by atoms with Crippen LogP contribution in [0.1, 0.15) is 29.0 Å². The molecule has 0 aliphatic carbocycles. The van der Waals surface area contributed by atoms with E-state index in [9.17, 15) is 4.39 Å². The number of rotatable bonds is 1. The van der Waals surface area contributed by atoms with E-state index in [1.165, 1.54) is 11.1 Å². The Morgan fingerprint density at radius 1 is 1.27 bits per heavy atom. The molecule has 2 heteroatoms. The van der Waals surface area contributed by atoms with Gasteiger partial charge in [-0.3, -0.25) is 0 Å². The molecule has 82 valence electrons. The lowest BCUT2D eigenvalue weighted by molar-refractivity contribution is 0.231. The minimum atomic E-state index is -0.735. The third-order valence-corrected chi connectivity index (χ3v) is 3.37. The molecule has 0 amide bonds. The summed E-state index contributed by atoms with van der Waals surface area (Å²) < 4.78 is 13.7. The normalized spacial score (nSPS) is 26.6. The minimum Gasteiger partial charge on any atom is -0.314 e. The van der Waals surface area contributed by atoms with Crippen LogP contribution in [0.25, 0.3) is 0 Å². The first-order chi connectivity index (χ1) is 7.18. The highest BCUT2D eigenvalue weighted by Crippen LogP contribution is 2.28. The highest BCUT2D eigenvalue weighted by molar-refractivity contribution is 5.32. The van der Waals surface area contributed by atoms with Gasteiger partial charge in [0.25, 0.3) is 0 Å². The predicted molar refractivity (Wildman–Crippen MR) is 61.0 cm³/mol. The first kappa shape index (κ1) is 10.6. The summed E-state index contributed by atoms with van der Waals surface area (Å²) in [6.45, 7) is 5.61. The van der Waals surface area contributed by atoms with Crippen LogP contribution in [0.2, 0.25) is 0 Å². The van der Waals surface area contributed by atoms with Crippen LogP contribution in [0.3, 0.4) is 0 Å². The van der Waals surface area contributed by atoms with E-state index >= 15 is 0 Å². The zero-order valence-corrected chi connectivity index (χ0v) is 9.39. The first-order valence-electron chi connectivity index (χ1n) is 5.60. The highest BCUT2D eigenvalue weighted by Gasteiger charge is 2.25. The molecule has 0 radical (unpaired) electrons. The molecular weight excluding hydrogens is 189 g/mol. The molecule has 1 aliphatic rings. The summed E-state index contributed by atoms with van der Waals surface area (Å²) in [5, 5.41) is 3.09. The third-order valence-electron chi connectivity index (χ3n) is 3.37. The summed E-state index contributed by atoms with van der Waals surface area (Å²) in [6.07, 6.45) is 0.171. The van der Waals surface area contributed by atoms with Crippen LogP contribution in [0.5, 0.6) is 0 Å². The fourth-order valence-electron chi connectivity index (χ4n) is 2.19. The Morgan fingerprint density at radius 2 is 2.07 bits per heavy atom. The van der Waals surface area contributed by atoms with Crippen molar-refractivity contribution >= 4 is 0 Å². The van der Waals surface area contributed by atoms with Crippen LogP contribution >= 0.6 is 0 Å². The molecule has 1 aromatic rings. The van der Waals surface area contributed by atoms with Crippen molar-refractivity contribution in [1.29, 1.82) is 0 Å². The van der Waals surface area contributed by atoms with Gasteiger partial charge >= 0.3 is 0 Å². The Kier molecular flexibility index (Phi) is 3.06. The Balaban J connectivity index is 2.24. The van der Waals surface area contributed by atoms with Crippen LogP contribution in [0, 0.1) is 13.8 Å². The molecule has 1 nitrogen and oxygen atoms in total. The number of aryl methyl sites for hydroxylation is 2. The molecule has 2 atom stereocenters. The molecule has 0 aromatic heterocycles. The van der Waals surface area contributed by atoms with E-state index in [0.29, 0.717) is 6.54 Å². The van der Waals surface area contributed by atoms with Gasteiger partial charge in [-0.1, -0.05) is 18.2 Å². The molecule has 1 saturated heterocycles. The number of nitrogens with one attached hydrogen (secondary N) is 1. The summed E-state index contributed by atoms with van der Waals surface area (Å²) in [6, 6.07) is 6.31. The van der Waals surface area contributed by atoms with Crippen molar-refractivity contribution in [2.75, 3.05) is 13.1 Å². The van der Waals surface area contributed by atoms with Gasteiger partial charge in [-0.15, -0.1) is 0 Å². The van der Waals surface area contributed by atoms with Gasteiger partial charge < -0.3 is 5.32 Å². The van der Waals surface area contributed by atoms with E-state index in [0.717, 1.165) is 18.5 Å². The second-order valence-corrected chi connectivity index (χ2v) is 4.46. The monoisotopic (exact) mass is 207 g/mol. The van der Waals surface area contributed by atoms with Gasteiger partial charge in [-0.25, -0.2) is 4.39 Å². The number of halogens is 1. The lowest BCUT2D eigenvalue weighted by atomic mass is 9.87. The summed E-state index contributed by atoms with van der Waals surface area (Å²) in [4.78, 5) is 0. The number of hydrogen-bond acceptors (Lipinski definition) is 1. The Hall–Kier alpha value is -0.890. The average Bonchev–Trinajstić information content (AvgIpc) is 2.23.